The molecule has 5 heteroatoms. The molecule has 2 rings (SSSR count). The zero-order chi connectivity index (χ0) is 11.7. The smallest absolute Gasteiger partial charge is 0.171 e. The molecule has 1 fully saturated rings. The predicted molar refractivity (Wildman–Crippen MR) is 65.9 cm³/mol. The summed E-state index contributed by atoms with van der Waals surface area (Å²) in [4.78, 5) is 12.8. The largest absolute Gasteiger partial charge is 0.352 e. The molecule has 0 radical (unpaired) electrons. The summed E-state index contributed by atoms with van der Waals surface area (Å²) in [6.45, 7) is 4.21. The van der Waals surface area contributed by atoms with Gasteiger partial charge in [-0.1, -0.05) is 18.5 Å². The molecule has 0 N–H and O–H groups in total. The van der Waals surface area contributed by atoms with Gasteiger partial charge in [0, 0.05) is 31.5 Å². The van der Waals surface area contributed by atoms with Crippen LogP contribution >= 0.6 is 11.6 Å². The summed E-state index contributed by atoms with van der Waals surface area (Å²) in [5.41, 5.74) is 0. The van der Waals surface area contributed by atoms with Crippen molar-refractivity contribution in [3.63, 3.8) is 0 Å². The lowest BCUT2D eigenvalue weighted by Crippen LogP contribution is -2.34. The van der Waals surface area contributed by atoms with Crippen LogP contribution in [-0.2, 0) is 0 Å². The summed E-state index contributed by atoms with van der Waals surface area (Å²) in [6, 6.07) is 0.554. The molecule has 1 aromatic heterocycles. The summed E-state index contributed by atoms with van der Waals surface area (Å²) < 4.78 is 0. The molecule has 16 heavy (non-hydrogen) atoms. The molecule has 2 heterocycles. The van der Waals surface area contributed by atoms with Crippen molar-refractivity contribution < 1.29 is 0 Å². The third-order valence-corrected chi connectivity index (χ3v) is 3.44. The molecule has 0 saturated carbocycles. The molecular formula is C11H17ClN4. The van der Waals surface area contributed by atoms with Crippen LogP contribution in [0.4, 0.5) is 5.82 Å². The van der Waals surface area contributed by atoms with Gasteiger partial charge in [-0.3, -0.25) is 0 Å². The fourth-order valence-electron chi connectivity index (χ4n) is 2.32. The van der Waals surface area contributed by atoms with E-state index >= 15 is 0 Å². The number of hydrogen-bond donors (Lipinski definition) is 0. The average molecular weight is 241 g/mol. The minimum atomic E-state index is 0.495. The van der Waals surface area contributed by atoms with Crippen molar-refractivity contribution in [1.29, 1.82) is 0 Å². The summed E-state index contributed by atoms with van der Waals surface area (Å²) >= 11 is 6.05. The lowest BCUT2D eigenvalue weighted by Gasteiger charge is -2.22. The second kappa shape index (κ2) is 4.55. The van der Waals surface area contributed by atoms with Crippen molar-refractivity contribution in [2.45, 2.75) is 13.0 Å². The van der Waals surface area contributed by atoms with E-state index in [-0.39, 0.29) is 0 Å². The molecule has 4 nitrogen and oxygen atoms in total. The Kier molecular flexibility index (Phi) is 3.30. The van der Waals surface area contributed by atoms with Crippen LogP contribution in [0.3, 0.4) is 0 Å². The lowest BCUT2D eigenvalue weighted by molar-refractivity contribution is 0.266. The molecule has 0 spiro atoms. The number of anilines is 1. The van der Waals surface area contributed by atoms with E-state index in [2.05, 4.69) is 40.8 Å². The van der Waals surface area contributed by atoms with Crippen molar-refractivity contribution in [2.75, 3.05) is 32.1 Å². The molecular weight excluding hydrogens is 224 g/mol. The maximum Gasteiger partial charge on any atom is 0.171 e. The maximum absolute atomic E-state index is 6.05. The van der Waals surface area contributed by atoms with Gasteiger partial charge in [0.05, 0.1) is 0 Å². The summed E-state index contributed by atoms with van der Waals surface area (Å²) in [7, 11) is 4.23. The van der Waals surface area contributed by atoms with E-state index in [4.69, 9.17) is 11.6 Å². The Morgan fingerprint density at radius 1 is 1.31 bits per heavy atom. The van der Waals surface area contributed by atoms with E-state index in [1.54, 1.807) is 12.4 Å². The molecule has 0 amide bonds. The molecule has 0 aromatic carbocycles. The Morgan fingerprint density at radius 3 is 2.56 bits per heavy atom. The zero-order valence-electron chi connectivity index (χ0n) is 9.89. The van der Waals surface area contributed by atoms with Crippen LogP contribution in [0.15, 0.2) is 12.4 Å². The van der Waals surface area contributed by atoms with Gasteiger partial charge in [-0.15, -0.1) is 0 Å². The van der Waals surface area contributed by atoms with Gasteiger partial charge in [0.25, 0.3) is 0 Å². The molecule has 1 aliphatic rings. The first-order chi connectivity index (χ1) is 7.59. The second-order valence-electron chi connectivity index (χ2n) is 4.58. The van der Waals surface area contributed by atoms with Gasteiger partial charge >= 0.3 is 0 Å². The topological polar surface area (TPSA) is 32.3 Å². The summed E-state index contributed by atoms with van der Waals surface area (Å²) in [6.07, 6.45) is 3.31. The van der Waals surface area contributed by atoms with Crippen molar-refractivity contribution in [3.8, 4) is 0 Å². The van der Waals surface area contributed by atoms with Crippen LogP contribution in [0.2, 0.25) is 5.15 Å². The minimum Gasteiger partial charge on any atom is -0.352 e. The molecule has 0 aliphatic carbocycles. The second-order valence-corrected chi connectivity index (χ2v) is 4.94. The average Bonchev–Trinajstić information content (AvgIpc) is 2.61. The third-order valence-electron chi connectivity index (χ3n) is 3.17. The van der Waals surface area contributed by atoms with Crippen LogP contribution in [0, 0.1) is 5.92 Å². The van der Waals surface area contributed by atoms with Crippen LogP contribution in [0.5, 0.6) is 0 Å². The quantitative estimate of drug-likeness (QED) is 0.785. The Balaban J connectivity index is 2.17. The molecule has 1 aromatic rings. The van der Waals surface area contributed by atoms with Gasteiger partial charge in [0.1, 0.15) is 0 Å². The first-order valence-electron chi connectivity index (χ1n) is 5.47. The number of likely N-dealkylation sites (N-methyl/N-ethyl adjacent to an activating group) is 1. The van der Waals surface area contributed by atoms with E-state index in [0.717, 1.165) is 18.9 Å². The summed E-state index contributed by atoms with van der Waals surface area (Å²) in [5, 5.41) is 0.495. The monoisotopic (exact) mass is 240 g/mol. The van der Waals surface area contributed by atoms with Crippen molar-refractivity contribution in [1.82, 2.24) is 14.9 Å². The van der Waals surface area contributed by atoms with Gasteiger partial charge in [0.15, 0.2) is 11.0 Å². The molecule has 2 atom stereocenters. The predicted octanol–water partition coefficient (Wildman–Crippen LogP) is 1.52. The Bertz CT molecular complexity index is 369. The van der Waals surface area contributed by atoms with Gasteiger partial charge < -0.3 is 9.80 Å². The van der Waals surface area contributed by atoms with E-state index in [9.17, 15) is 0 Å². The van der Waals surface area contributed by atoms with Crippen molar-refractivity contribution in [3.05, 3.63) is 17.5 Å². The standard InChI is InChI=1S/C11H17ClN4/c1-8-6-16(7-9(8)15(2)3)11-10(12)13-4-5-14-11/h4-5,8-9H,6-7H2,1-3H3. The van der Waals surface area contributed by atoms with Gasteiger partial charge in [-0.25, -0.2) is 9.97 Å². The maximum atomic E-state index is 6.05. The first kappa shape index (κ1) is 11.6. The third kappa shape index (κ3) is 2.13. The Labute approximate surface area is 101 Å². The fourth-order valence-corrected chi connectivity index (χ4v) is 2.55. The van der Waals surface area contributed by atoms with Crippen LogP contribution in [-0.4, -0.2) is 48.1 Å². The van der Waals surface area contributed by atoms with Crippen LogP contribution in [0.1, 0.15) is 6.92 Å². The summed E-state index contributed by atoms with van der Waals surface area (Å²) in [5.74, 6) is 1.42. The first-order valence-corrected chi connectivity index (χ1v) is 5.85. The van der Waals surface area contributed by atoms with Crippen molar-refractivity contribution >= 4 is 17.4 Å². The zero-order valence-corrected chi connectivity index (χ0v) is 10.6. The molecule has 88 valence electrons. The number of halogens is 1. The van der Waals surface area contributed by atoms with E-state index in [1.807, 2.05) is 0 Å². The molecule has 1 aliphatic heterocycles. The Hall–Kier alpha value is -0.870. The van der Waals surface area contributed by atoms with Gasteiger partial charge in [-0.2, -0.15) is 0 Å². The lowest BCUT2D eigenvalue weighted by atomic mass is 10.1. The highest BCUT2D eigenvalue weighted by Gasteiger charge is 2.32. The van der Waals surface area contributed by atoms with Crippen LogP contribution < -0.4 is 4.90 Å². The van der Waals surface area contributed by atoms with Gasteiger partial charge in [0.2, 0.25) is 0 Å². The Morgan fingerprint density at radius 2 is 2.00 bits per heavy atom. The van der Waals surface area contributed by atoms with E-state index < -0.39 is 0 Å². The van der Waals surface area contributed by atoms with E-state index in [0.29, 0.717) is 17.1 Å². The SMILES string of the molecule is CC1CN(c2nccnc2Cl)CC1N(C)C. The number of nitrogens with zero attached hydrogens (tertiary/aromatic N) is 4. The van der Waals surface area contributed by atoms with Crippen LogP contribution in [0.25, 0.3) is 0 Å². The van der Waals surface area contributed by atoms with Crippen molar-refractivity contribution in [2.24, 2.45) is 5.92 Å². The highest BCUT2D eigenvalue weighted by atomic mass is 35.5. The number of rotatable bonds is 2. The normalized spacial score (nSPS) is 25.4. The minimum absolute atomic E-state index is 0.495. The number of hydrogen-bond acceptors (Lipinski definition) is 4. The fraction of sp³-hybridized carbons (Fsp3) is 0.636. The van der Waals surface area contributed by atoms with Gasteiger partial charge in [-0.05, 0) is 20.0 Å². The number of aromatic nitrogens is 2. The molecule has 2 unspecified atom stereocenters. The molecule has 0 bridgehead atoms. The molecule has 1 saturated heterocycles. The van der Waals surface area contributed by atoms with E-state index in [1.165, 1.54) is 0 Å². The highest BCUT2D eigenvalue weighted by molar-refractivity contribution is 6.31. The highest BCUT2D eigenvalue weighted by Crippen LogP contribution is 2.28.